The van der Waals surface area contributed by atoms with Crippen LogP contribution in [-0.4, -0.2) is 15.7 Å². The highest BCUT2D eigenvalue weighted by Crippen LogP contribution is 2.26. The van der Waals surface area contributed by atoms with Gasteiger partial charge in [-0.15, -0.1) is 0 Å². The number of benzene rings is 1. The summed E-state index contributed by atoms with van der Waals surface area (Å²) in [5.41, 5.74) is 3.24. The van der Waals surface area contributed by atoms with Crippen LogP contribution in [0.15, 0.2) is 42.6 Å². The summed E-state index contributed by atoms with van der Waals surface area (Å²) >= 11 is 12.1. The van der Waals surface area contributed by atoms with Crippen molar-refractivity contribution in [1.82, 2.24) is 10.0 Å². The Morgan fingerprint density at radius 1 is 1.30 bits per heavy atom. The molecule has 104 valence electrons. The molecular weight excluding hydrogens is 299 g/mol. The van der Waals surface area contributed by atoms with Gasteiger partial charge in [0.15, 0.2) is 0 Å². The van der Waals surface area contributed by atoms with Crippen LogP contribution in [0.2, 0.25) is 10.0 Å². The molecule has 1 heterocycles. The van der Waals surface area contributed by atoms with Gasteiger partial charge in [-0.2, -0.15) is 0 Å². The van der Waals surface area contributed by atoms with Crippen LogP contribution in [0.1, 0.15) is 11.3 Å². The number of halogens is 2. The summed E-state index contributed by atoms with van der Waals surface area (Å²) < 4.78 is 1.92. The molecule has 0 saturated heterocycles. The number of hydrogen-bond acceptors (Lipinski definition) is 2. The van der Waals surface area contributed by atoms with Crippen LogP contribution in [0.3, 0.4) is 0 Å². The van der Waals surface area contributed by atoms with Gasteiger partial charge in [0.2, 0.25) is 0 Å². The van der Waals surface area contributed by atoms with E-state index >= 15 is 0 Å². The summed E-state index contributed by atoms with van der Waals surface area (Å²) in [7, 11) is 0. The average molecular weight is 311 g/mol. The standard InChI is InChI=1S/C14H12Cl2N2O2/c15-12-5-1-3-10(14(12)16)9-18-8-2-4-11(18)6-7-13(19)17-20/h1-8,20H,9H2,(H,17,19). The normalized spacial score (nSPS) is 10.9. The number of aromatic nitrogens is 1. The zero-order valence-electron chi connectivity index (χ0n) is 10.4. The minimum Gasteiger partial charge on any atom is -0.343 e. The van der Waals surface area contributed by atoms with E-state index in [0.717, 1.165) is 11.3 Å². The number of amides is 1. The maximum atomic E-state index is 11.0. The van der Waals surface area contributed by atoms with Crippen molar-refractivity contribution >= 4 is 35.2 Å². The van der Waals surface area contributed by atoms with E-state index in [1.165, 1.54) is 11.6 Å². The van der Waals surface area contributed by atoms with Gasteiger partial charge in [-0.25, -0.2) is 5.48 Å². The van der Waals surface area contributed by atoms with Gasteiger partial charge in [0, 0.05) is 24.5 Å². The van der Waals surface area contributed by atoms with Crippen LogP contribution in [0, 0.1) is 0 Å². The zero-order valence-corrected chi connectivity index (χ0v) is 11.9. The summed E-state index contributed by atoms with van der Waals surface area (Å²) in [6, 6.07) is 9.16. The first-order valence-corrected chi connectivity index (χ1v) is 6.57. The van der Waals surface area contributed by atoms with Crippen molar-refractivity contribution in [2.45, 2.75) is 6.54 Å². The Morgan fingerprint density at radius 2 is 2.10 bits per heavy atom. The molecule has 1 amide bonds. The van der Waals surface area contributed by atoms with Crippen LogP contribution in [0.25, 0.3) is 6.08 Å². The summed E-state index contributed by atoms with van der Waals surface area (Å²) in [6.45, 7) is 0.535. The monoisotopic (exact) mass is 310 g/mol. The maximum Gasteiger partial charge on any atom is 0.267 e. The molecule has 20 heavy (non-hydrogen) atoms. The van der Waals surface area contributed by atoms with Crippen LogP contribution < -0.4 is 5.48 Å². The molecule has 0 fully saturated rings. The minimum absolute atomic E-state index is 0.507. The number of rotatable bonds is 4. The van der Waals surface area contributed by atoms with E-state index < -0.39 is 5.91 Å². The molecule has 0 aliphatic heterocycles. The first-order chi connectivity index (χ1) is 9.61. The molecule has 2 rings (SSSR count). The molecule has 1 aromatic carbocycles. The maximum absolute atomic E-state index is 11.0. The average Bonchev–Trinajstić information content (AvgIpc) is 2.88. The smallest absolute Gasteiger partial charge is 0.267 e. The predicted octanol–water partition coefficient (Wildman–Crippen LogP) is 3.36. The number of hydrogen-bond donors (Lipinski definition) is 2. The summed E-state index contributed by atoms with van der Waals surface area (Å²) in [5, 5.41) is 9.47. The van der Waals surface area contributed by atoms with Crippen molar-refractivity contribution in [1.29, 1.82) is 0 Å². The Labute approximate surface area is 126 Å². The Hall–Kier alpha value is -1.75. The number of nitrogens with zero attached hydrogens (tertiary/aromatic N) is 1. The van der Waals surface area contributed by atoms with Gasteiger partial charge in [0.05, 0.1) is 10.0 Å². The van der Waals surface area contributed by atoms with E-state index in [9.17, 15) is 4.79 Å². The van der Waals surface area contributed by atoms with Crippen molar-refractivity contribution in [2.24, 2.45) is 0 Å². The SMILES string of the molecule is O=C(C=Cc1cccn1Cc1cccc(Cl)c1Cl)NO. The topological polar surface area (TPSA) is 54.3 Å². The Morgan fingerprint density at radius 3 is 2.85 bits per heavy atom. The highest BCUT2D eigenvalue weighted by Gasteiger charge is 2.06. The van der Waals surface area contributed by atoms with Crippen molar-refractivity contribution < 1.29 is 10.0 Å². The molecule has 0 spiro atoms. The lowest BCUT2D eigenvalue weighted by Gasteiger charge is -2.09. The van der Waals surface area contributed by atoms with Gasteiger partial charge in [-0.3, -0.25) is 10.0 Å². The lowest BCUT2D eigenvalue weighted by atomic mass is 10.2. The quantitative estimate of drug-likeness (QED) is 0.517. The third-order valence-corrected chi connectivity index (χ3v) is 3.61. The fraction of sp³-hybridized carbons (Fsp3) is 0.0714. The van der Waals surface area contributed by atoms with E-state index in [1.54, 1.807) is 12.1 Å². The highest BCUT2D eigenvalue weighted by molar-refractivity contribution is 6.42. The lowest BCUT2D eigenvalue weighted by Crippen LogP contribution is -2.15. The molecule has 0 unspecified atom stereocenters. The van der Waals surface area contributed by atoms with Crippen LogP contribution in [-0.2, 0) is 11.3 Å². The Kier molecular flexibility index (Phi) is 4.84. The largest absolute Gasteiger partial charge is 0.343 e. The van der Waals surface area contributed by atoms with Crippen molar-refractivity contribution in [3.8, 4) is 0 Å². The molecule has 0 aliphatic carbocycles. The lowest BCUT2D eigenvalue weighted by molar-refractivity contribution is -0.124. The molecule has 0 radical (unpaired) electrons. The van der Waals surface area contributed by atoms with Gasteiger partial charge in [0.1, 0.15) is 0 Å². The molecule has 2 N–H and O–H groups in total. The van der Waals surface area contributed by atoms with Crippen LogP contribution >= 0.6 is 23.2 Å². The van der Waals surface area contributed by atoms with E-state index in [4.69, 9.17) is 28.4 Å². The molecule has 0 atom stereocenters. The van der Waals surface area contributed by atoms with E-state index in [2.05, 4.69) is 0 Å². The molecule has 0 aliphatic rings. The van der Waals surface area contributed by atoms with Gasteiger partial charge in [-0.05, 0) is 29.8 Å². The number of nitrogens with one attached hydrogen (secondary N) is 1. The fourth-order valence-electron chi connectivity index (χ4n) is 1.78. The summed E-state index contributed by atoms with van der Waals surface area (Å²) in [4.78, 5) is 11.0. The highest BCUT2D eigenvalue weighted by atomic mass is 35.5. The molecule has 6 heteroatoms. The molecule has 0 bridgehead atoms. The summed E-state index contributed by atoms with van der Waals surface area (Å²) in [6.07, 6.45) is 4.71. The second-order valence-electron chi connectivity index (χ2n) is 4.08. The van der Waals surface area contributed by atoms with Gasteiger partial charge >= 0.3 is 0 Å². The molecule has 4 nitrogen and oxygen atoms in total. The molecular formula is C14H12Cl2N2O2. The van der Waals surface area contributed by atoms with Crippen molar-refractivity contribution in [3.05, 3.63) is 63.9 Å². The van der Waals surface area contributed by atoms with E-state index in [-0.39, 0.29) is 0 Å². The third kappa shape index (κ3) is 3.42. The van der Waals surface area contributed by atoms with E-state index in [0.29, 0.717) is 16.6 Å². The van der Waals surface area contributed by atoms with E-state index in [1.807, 2.05) is 35.0 Å². The Bertz CT molecular complexity index is 650. The van der Waals surface area contributed by atoms with Gasteiger partial charge in [0.25, 0.3) is 5.91 Å². The fourth-order valence-corrected chi connectivity index (χ4v) is 2.15. The Balaban J connectivity index is 2.23. The first kappa shape index (κ1) is 14.7. The first-order valence-electron chi connectivity index (χ1n) is 5.82. The second kappa shape index (κ2) is 6.61. The zero-order chi connectivity index (χ0) is 14.5. The summed E-state index contributed by atoms with van der Waals surface area (Å²) in [5.74, 6) is -0.585. The van der Waals surface area contributed by atoms with Crippen LogP contribution in [0.5, 0.6) is 0 Å². The number of carbonyl (C=O) groups excluding carboxylic acids is 1. The number of hydroxylamine groups is 1. The van der Waals surface area contributed by atoms with Gasteiger partial charge < -0.3 is 4.57 Å². The number of carbonyl (C=O) groups is 1. The molecule has 1 aromatic heterocycles. The van der Waals surface area contributed by atoms with Crippen molar-refractivity contribution in [3.63, 3.8) is 0 Å². The minimum atomic E-state index is -0.585. The molecule has 2 aromatic rings. The second-order valence-corrected chi connectivity index (χ2v) is 4.87. The van der Waals surface area contributed by atoms with Crippen molar-refractivity contribution in [2.75, 3.05) is 0 Å². The molecule has 0 saturated carbocycles. The predicted molar refractivity (Wildman–Crippen MR) is 79.0 cm³/mol. The van der Waals surface area contributed by atoms with Gasteiger partial charge in [-0.1, -0.05) is 35.3 Å². The van der Waals surface area contributed by atoms with Crippen LogP contribution in [0.4, 0.5) is 0 Å². The third-order valence-electron chi connectivity index (χ3n) is 2.75.